The van der Waals surface area contributed by atoms with E-state index in [9.17, 15) is 14.4 Å². The van der Waals surface area contributed by atoms with Crippen LogP contribution in [0.1, 0.15) is 118 Å². The Morgan fingerprint density at radius 1 is 0.975 bits per heavy atom. The lowest BCUT2D eigenvalue weighted by Gasteiger charge is -2.61. The lowest BCUT2D eigenvalue weighted by atomic mass is 9.44. The van der Waals surface area contributed by atoms with Crippen LogP contribution in [0.3, 0.4) is 0 Å². The molecule has 4 rings (SSSR count). The summed E-state index contributed by atoms with van der Waals surface area (Å²) in [5, 5.41) is 2.93. The van der Waals surface area contributed by atoms with Crippen molar-refractivity contribution in [2.75, 3.05) is 6.54 Å². The molecule has 0 bridgehead atoms. The van der Waals surface area contributed by atoms with Crippen LogP contribution in [-0.2, 0) is 19.1 Å². The number of esters is 1. The monoisotopic (exact) mass is 559 g/mol. The third-order valence-electron chi connectivity index (χ3n) is 12.5. The maximum Gasteiger partial charge on any atom is 0.329 e. The van der Waals surface area contributed by atoms with Gasteiger partial charge in [-0.1, -0.05) is 40.5 Å². The molecule has 0 spiro atoms. The maximum atomic E-state index is 13.4. The van der Waals surface area contributed by atoms with E-state index in [1.807, 2.05) is 13.8 Å². The van der Waals surface area contributed by atoms with Crippen molar-refractivity contribution in [3.63, 3.8) is 0 Å². The van der Waals surface area contributed by atoms with Crippen molar-refractivity contribution in [2.24, 2.45) is 57.8 Å². The van der Waals surface area contributed by atoms with Gasteiger partial charge < -0.3 is 21.5 Å². The largest absolute Gasteiger partial charge is 0.461 e. The van der Waals surface area contributed by atoms with Gasteiger partial charge >= 0.3 is 5.97 Å². The molecule has 11 atom stereocenters. The molecular weight excluding hydrogens is 502 g/mol. The van der Waals surface area contributed by atoms with Gasteiger partial charge in [0.2, 0.25) is 5.91 Å². The SMILES string of the molecule is CCC(C)[C@H](NC(=O)[C@@H](N)CCCCN)C(=O)O[C@@H]1CC[C@@]2(C)[C@@H](CC[C@@H]3[C@@H]2CC[C@]2(C)C(C(C)=O)CC[C@@H]32)C1. The first-order valence-electron chi connectivity index (χ1n) is 16.4. The normalized spacial score (nSPS) is 39.2. The van der Waals surface area contributed by atoms with Gasteiger partial charge in [-0.3, -0.25) is 9.59 Å². The first kappa shape index (κ1) is 31.5. The van der Waals surface area contributed by atoms with Gasteiger partial charge in [-0.15, -0.1) is 0 Å². The molecule has 4 aliphatic rings. The molecule has 0 heterocycles. The zero-order valence-electron chi connectivity index (χ0n) is 25.9. The minimum absolute atomic E-state index is 0.0289. The van der Waals surface area contributed by atoms with Gasteiger partial charge in [0.05, 0.1) is 6.04 Å². The molecule has 4 aliphatic carbocycles. The molecule has 2 unspecified atom stereocenters. The van der Waals surface area contributed by atoms with Crippen molar-refractivity contribution in [3.05, 3.63) is 0 Å². The van der Waals surface area contributed by atoms with E-state index in [0.717, 1.165) is 50.9 Å². The molecule has 0 aromatic heterocycles. The number of Topliss-reactive ketones (excluding diaryl/α,β-unsaturated/α-hetero) is 1. The van der Waals surface area contributed by atoms with Crippen LogP contribution in [0.15, 0.2) is 0 Å². The van der Waals surface area contributed by atoms with E-state index in [1.54, 1.807) is 6.92 Å². The summed E-state index contributed by atoms with van der Waals surface area (Å²) in [6, 6.07) is -1.31. The zero-order chi connectivity index (χ0) is 29.2. The van der Waals surface area contributed by atoms with Gasteiger partial charge in [0.15, 0.2) is 0 Å². The smallest absolute Gasteiger partial charge is 0.329 e. The average molecular weight is 560 g/mol. The van der Waals surface area contributed by atoms with E-state index in [1.165, 1.54) is 32.1 Å². The van der Waals surface area contributed by atoms with E-state index < -0.39 is 12.1 Å². The van der Waals surface area contributed by atoms with Gasteiger partial charge in [-0.2, -0.15) is 0 Å². The second-order valence-electron chi connectivity index (χ2n) is 14.5. The molecular formula is C33H57N3O4. The first-order valence-corrected chi connectivity index (χ1v) is 16.4. The standard InChI is InChI=1S/C33H57N3O4/c1-6-20(2)29(36-30(38)28(35)9-7-8-18-34)31(39)40-23-14-16-32(4)22(19-23)10-11-24-26-13-12-25(21(3)37)33(26,5)17-15-27(24)32/h20,22-29H,6-19,34-35H2,1-5H3,(H,36,38)/t20?,22-,23+,24-,25?,26-,27-,28-,29-,32-,33+/m0/s1. The molecule has 0 saturated heterocycles. The predicted molar refractivity (Wildman–Crippen MR) is 158 cm³/mol. The Morgan fingerprint density at radius 3 is 2.35 bits per heavy atom. The number of hydrogen-bond donors (Lipinski definition) is 3. The van der Waals surface area contributed by atoms with Gasteiger partial charge in [-0.25, -0.2) is 4.79 Å². The Hall–Kier alpha value is -1.47. The molecule has 4 saturated carbocycles. The van der Waals surface area contributed by atoms with Crippen molar-refractivity contribution in [1.82, 2.24) is 5.32 Å². The zero-order valence-corrected chi connectivity index (χ0v) is 25.9. The van der Waals surface area contributed by atoms with Crippen LogP contribution in [0.2, 0.25) is 0 Å². The predicted octanol–water partition coefficient (Wildman–Crippen LogP) is 5.13. The quantitative estimate of drug-likeness (QED) is 0.238. The van der Waals surface area contributed by atoms with Crippen LogP contribution in [0.5, 0.6) is 0 Å². The minimum atomic E-state index is -0.672. The van der Waals surface area contributed by atoms with Crippen LogP contribution in [0, 0.1) is 46.3 Å². The summed E-state index contributed by atoms with van der Waals surface area (Å²) in [7, 11) is 0. The number of hydrogen-bond acceptors (Lipinski definition) is 6. The minimum Gasteiger partial charge on any atom is -0.461 e. The van der Waals surface area contributed by atoms with Gasteiger partial charge in [0.25, 0.3) is 0 Å². The number of ketones is 1. The maximum absolute atomic E-state index is 13.4. The van der Waals surface area contributed by atoms with Gasteiger partial charge in [-0.05, 0) is 125 Å². The number of amides is 1. The Bertz CT molecular complexity index is 925. The highest BCUT2D eigenvalue weighted by Gasteiger charge is 2.61. The van der Waals surface area contributed by atoms with Crippen molar-refractivity contribution < 1.29 is 19.1 Å². The molecule has 0 aliphatic heterocycles. The Labute approximate surface area is 242 Å². The van der Waals surface area contributed by atoms with E-state index in [2.05, 4.69) is 19.2 Å². The highest BCUT2D eigenvalue weighted by molar-refractivity contribution is 5.87. The van der Waals surface area contributed by atoms with E-state index in [-0.39, 0.29) is 40.6 Å². The molecule has 7 heteroatoms. The van der Waals surface area contributed by atoms with Crippen LogP contribution in [-0.4, -0.2) is 42.4 Å². The van der Waals surface area contributed by atoms with Gasteiger partial charge in [0.1, 0.15) is 17.9 Å². The Morgan fingerprint density at radius 2 is 1.68 bits per heavy atom. The fourth-order valence-electron chi connectivity index (χ4n) is 9.80. The fraction of sp³-hybridized carbons (Fsp3) is 0.909. The summed E-state index contributed by atoms with van der Waals surface area (Å²) in [6.07, 6.45) is 12.9. The number of nitrogens with two attached hydrogens (primary N) is 2. The van der Waals surface area contributed by atoms with E-state index in [0.29, 0.717) is 36.5 Å². The summed E-state index contributed by atoms with van der Waals surface area (Å²) in [4.78, 5) is 38.7. The second-order valence-corrected chi connectivity index (χ2v) is 14.5. The second kappa shape index (κ2) is 12.8. The molecule has 7 nitrogen and oxygen atoms in total. The highest BCUT2D eigenvalue weighted by atomic mass is 16.5. The Kier molecular flexibility index (Phi) is 10.1. The van der Waals surface area contributed by atoms with E-state index in [4.69, 9.17) is 16.2 Å². The molecule has 228 valence electrons. The van der Waals surface area contributed by atoms with Crippen LogP contribution >= 0.6 is 0 Å². The molecule has 1 amide bonds. The van der Waals surface area contributed by atoms with Crippen LogP contribution in [0.4, 0.5) is 0 Å². The summed E-state index contributed by atoms with van der Waals surface area (Å²) in [6.45, 7) is 11.3. The summed E-state index contributed by atoms with van der Waals surface area (Å²) in [5.74, 6) is 2.69. The average Bonchev–Trinajstić information content (AvgIpc) is 3.28. The Balaban J connectivity index is 1.37. The van der Waals surface area contributed by atoms with Crippen LogP contribution < -0.4 is 16.8 Å². The molecule has 0 aromatic rings. The molecule has 0 aromatic carbocycles. The third kappa shape index (κ3) is 6.02. The van der Waals surface area contributed by atoms with Crippen molar-refractivity contribution in [1.29, 1.82) is 0 Å². The van der Waals surface area contributed by atoms with Crippen molar-refractivity contribution >= 4 is 17.7 Å². The molecule has 4 fully saturated rings. The first-order chi connectivity index (χ1) is 19.0. The number of fused-ring (bicyclic) bond motifs is 5. The summed E-state index contributed by atoms with van der Waals surface area (Å²) >= 11 is 0. The number of nitrogens with one attached hydrogen (secondary N) is 1. The van der Waals surface area contributed by atoms with Crippen molar-refractivity contribution in [3.8, 4) is 0 Å². The third-order valence-corrected chi connectivity index (χ3v) is 12.5. The number of rotatable bonds is 11. The number of carbonyl (C=O) groups excluding carboxylic acids is 3. The molecule has 0 radical (unpaired) electrons. The number of ether oxygens (including phenoxy) is 1. The van der Waals surface area contributed by atoms with Gasteiger partial charge in [0, 0.05) is 5.92 Å². The number of carbonyl (C=O) groups is 3. The highest BCUT2D eigenvalue weighted by Crippen LogP contribution is 2.67. The lowest BCUT2D eigenvalue weighted by Crippen LogP contribution is -2.55. The topological polar surface area (TPSA) is 125 Å². The lowest BCUT2D eigenvalue weighted by molar-refractivity contribution is -0.167. The summed E-state index contributed by atoms with van der Waals surface area (Å²) < 4.78 is 6.16. The van der Waals surface area contributed by atoms with Crippen molar-refractivity contribution in [2.45, 2.75) is 136 Å². The van der Waals surface area contributed by atoms with E-state index >= 15 is 0 Å². The number of unbranched alkanes of at least 4 members (excludes halogenated alkanes) is 1. The molecule has 40 heavy (non-hydrogen) atoms. The summed E-state index contributed by atoms with van der Waals surface area (Å²) in [5.41, 5.74) is 12.1. The fourth-order valence-corrected chi connectivity index (χ4v) is 9.80. The molecule has 5 N–H and O–H groups in total. The van der Waals surface area contributed by atoms with Crippen LogP contribution in [0.25, 0.3) is 0 Å².